The molecule has 1 atom stereocenters. The van der Waals surface area contributed by atoms with Crippen LogP contribution in [0.3, 0.4) is 0 Å². The van der Waals surface area contributed by atoms with Crippen molar-refractivity contribution in [2.75, 3.05) is 6.61 Å². The molecule has 0 radical (unpaired) electrons. The number of nitrogens with one attached hydrogen (secondary N) is 1. The molecular formula is C12H13BrF3NO3S. The molecule has 1 aromatic carbocycles. The summed E-state index contributed by atoms with van der Waals surface area (Å²) in [6, 6.07) is 0.575. The molecule has 1 aliphatic rings. The van der Waals surface area contributed by atoms with Gasteiger partial charge >= 0.3 is 6.18 Å². The molecule has 1 heterocycles. The largest absolute Gasteiger partial charge is 0.492 e. The molecule has 0 amide bonds. The zero-order valence-electron chi connectivity index (χ0n) is 11.0. The van der Waals surface area contributed by atoms with Gasteiger partial charge in [0.25, 0.3) is 0 Å². The van der Waals surface area contributed by atoms with Crippen LogP contribution in [0.25, 0.3) is 0 Å². The van der Waals surface area contributed by atoms with Gasteiger partial charge in [0.15, 0.2) is 0 Å². The summed E-state index contributed by atoms with van der Waals surface area (Å²) in [5.41, 5.74) is 0.400. The van der Waals surface area contributed by atoms with E-state index in [9.17, 15) is 21.6 Å². The second-order valence-electron chi connectivity index (χ2n) is 4.69. The molecule has 9 heteroatoms. The molecule has 1 aromatic rings. The van der Waals surface area contributed by atoms with Gasteiger partial charge in [0.2, 0.25) is 10.0 Å². The molecule has 0 aromatic heterocycles. The molecule has 0 aliphatic carbocycles. The molecule has 21 heavy (non-hydrogen) atoms. The summed E-state index contributed by atoms with van der Waals surface area (Å²) in [5, 5.41) is 0. The number of halogens is 4. The van der Waals surface area contributed by atoms with Crippen LogP contribution in [0.2, 0.25) is 0 Å². The van der Waals surface area contributed by atoms with Gasteiger partial charge in [-0.1, -0.05) is 0 Å². The van der Waals surface area contributed by atoms with E-state index in [1.54, 1.807) is 4.72 Å². The van der Waals surface area contributed by atoms with Gasteiger partial charge in [0.1, 0.15) is 11.8 Å². The first-order valence-corrected chi connectivity index (χ1v) is 8.44. The third-order valence-corrected chi connectivity index (χ3v) is 5.35. The predicted octanol–water partition coefficient (Wildman–Crippen LogP) is 3.00. The van der Waals surface area contributed by atoms with E-state index in [4.69, 9.17) is 4.74 Å². The van der Waals surface area contributed by atoms with E-state index in [2.05, 4.69) is 15.9 Å². The Bertz CT molecular complexity index is 646. The molecule has 0 bridgehead atoms. The van der Waals surface area contributed by atoms with E-state index >= 15 is 0 Å². The molecule has 1 unspecified atom stereocenters. The third kappa shape index (κ3) is 3.51. The quantitative estimate of drug-likeness (QED) is 0.867. The number of hydrogen-bond donors (Lipinski definition) is 1. The Labute approximate surface area is 128 Å². The van der Waals surface area contributed by atoms with Gasteiger partial charge in [-0.2, -0.15) is 17.9 Å². The zero-order valence-corrected chi connectivity index (χ0v) is 13.4. The number of sulfonamides is 1. The minimum atomic E-state index is -4.64. The number of rotatable bonds is 3. The van der Waals surface area contributed by atoms with Crippen LogP contribution in [0.1, 0.15) is 18.9 Å². The van der Waals surface area contributed by atoms with E-state index in [1.165, 1.54) is 12.1 Å². The summed E-state index contributed by atoms with van der Waals surface area (Å²) in [6.45, 7) is 1.21. The molecule has 2 rings (SSSR count). The van der Waals surface area contributed by atoms with Gasteiger partial charge in [0, 0.05) is 5.56 Å². The third-order valence-electron chi connectivity index (χ3n) is 3.10. The highest BCUT2D eigenvalue weighted by Crippen LogP contribution is 2.37. The van der Waals surface area contributed by atoms with Crippen molar-refractivity contribution < 1.29 is 26.3 Å². The second kappa shape index (κ2) is 5.77. The van der Waals surface area contributed by atoms with Crippen molar-refractivity contribution in [3.8, 4) is 5.75 Å². The van der Waals surface area contributed by atoms with Gasteiger partial charge in [0.05, 0.1) is 16.0 Å². The smallest absolute Gasteiger partial charge is 0.404 e. The minimum Gasteiger partial charge on any atom is -0.492 e. The highest BCUT2D eigenvalue weighted by molar-refractivity contribution is 9.10. The number of hydrogen-bond acceptors (Lipinski definition) is 3. The van der Waals surface area contributed by atoms with Crippen molar-refractivity contribution in [1.82, 2.24) is 4.72 Å². The Morgan fingerprint density at radius 1 is 1.38 bits per heavy atom. The van der Waals surface area contributed by atoms with E-state index in [1.807, 2.05) is 0 Å². The lowest BCUT2D eigenvalue weighted by Crippen LogP contribution is -2.43. The topological polar surface area (TPSA) is 55.4 Å². The van der Waals surface area contributed by atoms with Gasteiger partial charge in [-0.15, -0.1) is 0 Å². The average molecular weight is 388 g/mol. The molecule has 1 N–H and O–H groups in total. The van der Waals surface area contributed by atoms with Crippen LogP contribution in [-0.4, -0.2) is 27.2 Å². The Balaban J connectivity index is 2.42. The molecule has 118 valence electrons. The highest BCUT2D eigenvalue weighted by Gasteiger charge is 2.39. The van der Waals surface area contributed by atoms with Crippen molar-refractivity contribution in [3.63, 3.8) is 0 Å². The van der Waals surface area contributed by atoms with Crippen molar-refractivity contribution in [2.24, 2.45) is 0 Å². The van der Waals surface area contributed by atoms with E-state index in [0.717, 1.165) is 6.92 Å². The number of benzene rings is 1. The first-order valence-electron chi connectivity index (χ1n) is 6.16. The van der Waals surface area contributed by atoms with Crippen molar-refractivity contribution >= 4 is 26.0 Å². The fourth-order valence-corrected chi connectivity index (χ4v) is 3.99. The molecular weight excluding hydrogens is 375 g/mol. The fourth-order valence-electron chi connectivity index (χ4n) is 2.01. The highest BCUT2D eigenvalue weighted by atomic mass is 79.9. The van der Waals surface area contributed by atoms with Crippen LogP contribution in [-0.2, 0) is 16.4 Å². The summed E-state index contributed by atoms with van der Waals surface area (Å²) in [5.74, 6) is 0.379. The molecule has 1 aliphatic heterocycles. The number of ether oxygens (including phenoxy) is 1. The molecule has 0 spiro atoms. The van der Waals surface area contributed by atoms with Gasteiger partial charge < -0.3 is 4.74 Å². The molecule has 0 saturated carbocycles. The van der Waals surface area contributed by atoms with E-state index < -0.39 is 22.2 Å². The predicted molar refractivity (Wildman–Crippen MR) is 73.8 cm³/mol. The Kier molecular flexibility index (Phi) is 4.55. The standard InChI is InChI=1S/C12H13BrF3NO3S/c1-7(12(14,15)16)17-21(18,19)10-5-4-9(13)11-8(10)3-2-6-20-11/h4-5,7,17H,2-3,6H2,1H3. The van der Waals surface area contributed by atoms with Gasteiger partial charge in [-0.25, -0.2) is 8.42 Å². The lowest BCUT2D eigenvalue weighted by atomic mass is 10.1. The molecule has 0 saturated heterocycles. The lowest BCUT2D eigenvalue weighted by Gasteiger charge is -2.23. The maximum Gasteiger partial charge on any atom is 0.404 e. The average Bonchev–Trinajstić information content (AvgIpc) is 2.37. The fraction of sp³-hybridized carbons (Fsp3) is 0.500. The van der Waals surface area contributed by atoms with Crippen molar-refractivity contribution in [2.45, 2.75) is 36.9 Å². The van der Waals surface area contributed by atoms with Crippen LogP contribution in [0.15, 0.2) is 21.5 Å². The minimum absolute atomic E-state index is 0.170. The van der Waals surface area contributed by atoms with Crippen molar-refractivity contribution in [3.05, 3.63) is 22.2 Å². The Hall–Kier alpha value is -0.800. The summed E-state index contributed by atoms with van der Waals surface area (Å²) < 4.78 is 69.6. The second-order valence-corrected chi connectivity index (χ2v) is 7.23. The Morgan fingerprint density at radius 2 is 2.05 bits per heavy atom. The van der Waals surface area contributed by atoms with E-state index in [-0.39, 0.29) is 4.90 Å². The maximum atomic E-state index is 12.5. The van der Waals surface area contributed by atoms with Crippen LogP contribution in [0.4, 0.5) is 13.2 Å². The molecule has 4 nitrogen and oxygen atoms in total. The lowest BCUT2D eigenvalue weighted by molar-refractivity contribution is -0.147. The zero-order chi connectivity index (χ0) is 15.8. The van der Waals surface area contributed by atoms with Gasteiger partial charge in [-0.3, -0.25) is 0 Å². The van der Waals surface area contributed by atoms with Crippen LogP contribution >= 0.6 is 15.9 Å². The van der Waals surface area contributed by atoms with Crippen LogP contribution < -0.4 is 9.46 Å². The monoisotopic (exact) mass is 387 g/mol. The van der Waals surface area contributed by atoms with Crippen LogP contribution in [0.5, 0.6) is 5.75 Å². The number of alkyl halides is 3. The SMILES string of the molecule is CC(NS(=O)(=O)c1ccc(Br)c2c1CCCO2)C(F)(F)F. The summed E-state index contributed by atoms with van der Waals surface area (Å²) in [7, 11) is -4.27. The van der Waals surface area contributed by atoms with Crippen LogP contribution in [0, 0.1) is 0 Å². The maximum absolute atomic E-state index is 12.5. The van der Waals surface area contributed by atoms with Gasteiger partial charge in [-0.05, 0) is 47.8 Å². The van der Waals surface area contributed by atoms with E-state index in [0.29, 0.717) is 35.2 Å². The normalized spacial score (nSPS) is 17.0. The first-order chi connectivity index (χ1) is 9.63. The summed E-state index contributed by atoms with van der Waals surface area (Å²) in [6.07, 6.45) is -3.59. The summed E-state index contributed by atoms with van der Waals surface area (Å²) >= 11 is 3.25. The van der Waals surface area contributed by atoms with Crippen molar-refractivity contribution in [1.29, 1.82) is 0 Å². The number of fused-ring (bicyclic) bond motifs is 1. The summed E-state index contributed by atoms with van der Waals surface area (Å²) in [4.78, 5) is -0.170. The first kappa shape index (κ1) is 16.6. The molecule has 0 fully saturated rings. The Morgan fingerprint density at radius 3 is 2.67 bits per heavy atom.